The first-order valence-corrected chi connectivity index (χ1v) is 5.22. The Balaban J connectivity index is 2.11. The topological polar surface area (TPSA) is 49.2 Å². The van der Waals surface area contributed by atoms with Crippen LogP contribution in [-0.4, -0.2) is 34.3 Å². The quantitative estimate of drug-likeness (QED) is 0.745. The van der Waals surface area contributed by atoms with Crippen molar-refractivity contribution >= 4 is 5.69 Å². The number of hydrogen-bond donors (Lipinski definition) is 1. The molecule has 0 amide bonds. The molecule has 1 N–H and O–H groups in total. The highest BCUT2D eigenvalue weighted by Gasteiger charge is 2.25. The third kappa shape index (κ3) is 2.09. The Morgan fingerprint density at radius 2 is 1.80 bits per heavy atom. The highest BCUT2D eigenvalue weighted by atomic mass is 16.3. The zero-order valence-corrected chi connectivity index (χ0v) is 9.44. The fourth-order valence-corrected chi connectivity index (χ4v) is 1.54. The van der Waals surface area contributed by atoms with Crippen molar-refractivity contribution in [2.45, 2.75) is 32.3 Å². The third-order valence-electron chi connectivity index (χ3n) is 2.54. The summed E-state index contributed by atoms with van der Waals surface area (Å²) in [4.78, 5) is 10.8. The fraction of sp³-hybridized carbons (Fsp3) is 0.636. The van der Waals surface area contributed by atoms with Crippen molar-refractivity contribution in [2.24, 2.45) is 0 Å². The van der Waals surface area contributed by atoms with Crippen molar-refractivity contribution in [3.63, 3.8) is 0 Å². The number of β-amino-alcohol motifs (C(OH)–C–C–N with tert-alkyl or cyclic N) is 1. The molecule has 0 atom stereocenters. The van der Waals surface area contributed by atoms with Gasteiger partial charge < -0.3 is 10.0 Å². The van der Waals surface area contributed by atoms with Crippen molar-refractivity contribution in [3.05, 3.63) is 18.2 Å². The van der Waals surface area contributed by atoms with Crippen LogP contribution >= 0.6 is 0 Å². The van der Waals surface area contributed by atoms with E-state index < -0.39 is 0 Å². The molecule has 4 nitrogen and oxygen atoms in total. The predicted molar refractivity (Wildman–Crippen MR) is 59.0 cm³/mol. The summed E-state index contributed by atoms with van der Waals surface area (Å²) < 4.78 is 0. The lowest BCUT2D eigenvalue weighted by Crippen LogP contribution is -2.50. The van der Waals surface area contributed by atoms with Gasteiger partial charge in [0.15, 0.2) is 0 Å². The summed E-state index contributed by atoms with van der Waals surface area (Å²) in [7, 11) is 0. The first-order chi connectivity index (χ1) is 6.97. The molecule has 2 rings (SSSR count). The lowest BCUT2D eigenvalue weighted by molar-refractivity contribution is 0.142. The number of aliphatic hydroxyl groups is 1. The van der Waals surface area contributed by atoms with Gasteiger partial charge in [0, 0.05) is 18.5 Å². The molecular weight excluding hydrogens is 190 g/mol. The second-order valence-electron chi connectivity index (χ2n) is 5.07. The van der Waals surface area contributed by atoms with E-state index in [1.807, 2.05) is 12.4 Å². The minimum Gasteiger partial charge on any atom is -0.389 e. The number of aliphatic hydroxyl groups excluding tert-OH is 1. The van der Waals surface area contributed by atoms with Crippen LogP contribution in [0.4, 0.5) is 5.69 Å². The van der Waals surface area contributed by atoms with Crippen LogP contribution in [0, 0.1) is 0 Å². The van der Waals surface area contributed by atoms with Gasteiger partial charge in [0.2, 0.25) is 0 Å². The molecule has 1 aromatic rings. The summed E-state index contributed by atoms with van der Waals surface area (Å²) in [6.45, 7) is 7.66. The molecule has 1 saturated heterocycles. The Kier molecular flexibility index (Phi) is 2.38. The molecule has 0 aliphatic carbocycles. The first-order valence-electron chi connectivity index (χ1n) is 5.22. The van der Waals surface area contributed by atoms with Crippen molar-refractivity contribution in [1.82, 2.24) is 9.97 Å². The molecule has 0 bridgehead atoms. The fourth-order valence-electron chi connectivity index (χ4n) is 1.54. The second kappa shape index (κ2) is 3.45. The molecule has 0 radical (unpaired) electrons. The van der Waals surface area contributed by atoms with Crippen LogP contribution in [0.1, 0.15) is 26.6 Å². The minimum absolute atomic E-state index is 0.00695. The van der Waals surface area contributed by atoms with Crippen molar-refractivity contribution in [3.8, 4) is 0 Å². The molecule has 1 aliphatic rings. The average Bonchev–Trinajstić information content (AvgIpc) is 2.12. The Hall–Kier alpha value is -1.16. The molecule has 82 valence electrons. The van der Waals surface area contributed by atoms with E-state index in [0.29, 0.717) is 13.1 Å². The highest BCUT2D eigenvalue weighted by Crippen LogP contribution is 2.22. The van der Waals surface area contributed by atoms with Crippen LogP contribution in [-0.2, 0) is 5.41 Å². The van der Waals surface area contributed by atoms with Gasteiger partial charge >= 0.3 is 0 Å². The molecular formula is C11H17N3O. The first kappa shape index (κ1) is 10.4. The Labute approximate surface area is 90.0 Å². The third-order valence-corrected chi connectivity index (χ3v) is 2.54. The van der Waals surface area contributed by atoms with Gasteiger partial charge in [0.1, 0.15) is 5.82 Å². The SMILES string of the molecule is CC(C)(C)c1ncc(N2CC(O)C2)cn1. The van der Waals surface area contributed by atoms with E-state index in [-0.39, 0.29) is 11.5 Å². The van der Waals surface area contributed by atoms with E-state index >= 15 is 0 Å². The summed E-state index contributed by atoms with van der Waals surface area (Å²) in [6, 6.07) is 0. The predicted octanol–water partition coefficient (Wildman–Crippen LogP) is 0.955. The molecule has 2 heterocycles. The normalized spacial score (nSPS) is 17.7. The summed E-state index contributed by atoms with van der Waals surface area (Å²) in [5.74, 6) is 0.854. The summed E-state index contributed by atoms with van der Waals surface area (Å²) in [5.41, 5.74) is 0.987. The molecule has 0 aromatic carbocycles. The van der Waals surface area contributed by atoms with Crippen LogP contribution in [0.3, 0.4) is 0 Å². The smallest absolute Gasteiger partial charge is 0.133 e. The lowest BCUT2D eigenvalue weighted by Gasteiger charge is -2.37. The molecule has 1 aromatic heterocycles. The van der Waals surface area contributed by atoms with Crippen LogP contribution in [0.25, 0.3) is 0 Å². The van der Waals surface area contributed by atoms with E-state index in [9.17, 15) is 5.11 Å². The highest BCUT2D eigenvalue weighted by molar-refractivity contribution is 5.45. The van der Waals surface area contributed by atoms with Crippen LogP contribution in [0.2, 0.25) is 0 Å². The van der Waals surface area contributed by atoms with Crippen LogP contribution in [0.15, 0.2) is 12.4 Å². The summed E-state index contributed by atoms with van der Waals surface area (Å²) >= 11 is 0. The van der Waals surface area contributed by atoms with Gasteiger partial charge in [-0.05, 0) is 0 Å². The molecule has 15 heavy (non-hydrogen) atoms. The maximum Gasteiger partial charge on any atom is 0.133 e. The monoisotopic (exact) mass is 207 g/mol. The van der Waals surface area contributed by atoms with Gasteiger partial charge in [0.05, 0.1) is 24.2 Å². The molecule has 0 saturated carbocycles. The maximum absolute atomic E-state index is 9.18. The molecule has 1 fully saturated rings. The number of rotatable bonds is 1. The molecule has 1 aliphatic heterocycles. The minimum atomic E-state index is -0.188. The van der Waals surface area contributed by atoms with Crippen molar-refractivity contribution in [2.75, 3.05) is 18.0 Å². The number of aromatic nitrogens is 2. The standard InChI is InChI=1S/C11H17N3O/c1-11(2,3)10-12-4-8(5-13-10)14-6-9(15)7-14/h4-5,9,15H,6-7H2,1-3H3. The molecule has 4 heteroatoms. The Morgan fingerprint density at radius 1 is 1.27 bits per heavy atom. The summed E-state index contributed by atoms with van der Waals surface area (Å²) in [6.07, 6.45) is 3.48. The van der Waals surface area contributed by atoms with E-state index in [1.54, 1.807) is 0 Å². The largest absolute Gasteiger partial charge is 0.389 e. The van der Waals surface area contributed by atoms with Crippen molar-refractivity contribution < 1.29 is 5.11 Å². The van der Waals surface area contributed by atoms with E-state index in [4.69, 9.17) is 0 Å². The maximum atomic E-state index is 9.18. The van der Waals surface area contributed by atoms with Gasteiger partial charge in [-0.1, -0.05) is 20.8 Å². The molecule has 0 spiro atoms. The lowest BCUT2D eigenvalue weighted by atomic mass is 9.96. The second-order valence-corrected chi connectivity index (χ2v) is 5.07. The Morgan fingerprint density at radius 3 is 2.20 bits per heavy atom. The van der Waals surface area contributed by atoms with E-state index in [1.165, 1.54) is 0 Å². The van der Waals surface area contributed by atoms with Gasteiger partial charge in [-0.2, -0.15) is 0 Å². The zero-order valence-electron chi connectivity index (χ0n) is 9.44. The van der Waals surface area contributed by atoms with Crippen LogP contribution in [0.5, 0.6) is 0 Å². The van der Waals surface area contributed by atoms with Gasteiger partial charge in [-0.25, -0.2) is 9.97 Å². The van der Waals surface area contributed by atoms with Crippen molar-refractivity contribution in [1.29, 1.82) is 0 Å². The summed E-state index contributed by atoms with van der Waals surface area (Å²) in [5, 5.41) is 9.18. The molecule has 0 unspecified atom stereocenters. The van der Waals surface area contributed by atoms with E-state index in [2.05, 4.69) is 35.6 Å². The van der Waals surface area contributed by atoms with Crippen LogP contribution < -0.4 is 4.90 Å². The van der Waals surface area contributed by atoms with Gasteiger partial charge in [0.25, 0.3) is 0 Å². The van der Waals surface area contributed by atoms with Gasteiger partial charge in [-0.15, -0.1) is 0 Å². The number of nitrogens with zero attached hydrogens (tertiary/aromatic N) is 3. The Bertz CT molecular complexity index is 336. The zero-order chi connectivity index (χ0) is 11.1. The average molecular weight is 207 g/mol. The van der Waals surface area contributed by atoms with E-state index in [0.717, 1.165) is 11.5 Å². The number of anilines is 1. The van der Waals surface area contributed by atoms with Gasteiger partial charge in [-0.3, -0.25) is 0 Å². The number of hydrogen-bond acceptors (Lipinski definition) is 4.